The fourth-order valence-electron chi connectivity index (χ4n) is 5.18. The molecule has 0 aliphatic rings. The highest BCUT2D eigenvalue weighted by molar-refractivity contribution is 7.92. The average Bonchev–Trinajstić information content (AvgIpc) is 2.86. The van der Waals surface area contributed by atoms with Crippen LogP contribution in [0.4, 0.5) is 0 Å². The lowest BCUT2D eigenvalue weighted by molar-refractivity contribution is -0.120. The number of rotatable bonds is 11. The Morgan fingerprint density at radius 1 is 0.889 bits per heavy atom. The molecule has 2 atom stereocenters. The SMILES string of the molecule is CC(C)C(NS(=O)(=O)/C=C/c1ccccc1)(C(C)C)C(c1ccccc1)C(C(N)=O)c1cccnc1. The number of primary amides is 1. The summed E-state index contributed by atoms with van der Waals surface area (Å²) in [6.07, 6.45) is 4.83. The van der Waals surface area contributed by atoms with Crippen LogP contribution in [0.2, 0.25) is 0 Å². The molecule has 0 aliphatic heterocycles. The third-order valence-electron chi connectivity index (χ3n) is 6.83. The quantitative estimate of drug-likeness (QED) is 0.380. The molecular weight excluding hydrogens is 470 g/mol. The minimum atomic E-state index is -3.92. The highest BCUT2D eigenvalue weighted by Gasteiger charge is 2.52. The molecule has 0 radical (unpaired) electrons. The second-order valence-corrected chi connectivity index (χ2v) is 11.2. The summed E-state index contributed by atoms with van der Waals surface area (Å²) in [5.74, 6) is -2.34. The molecule has 36 heavy (non-hydrogen) atoms. The molecule has 7 heteroatoms. The van der Waals surface area contributed by atoms with Crippen LogP contribution in [0.3, 0.4) is 0 Å². The van der Waals surface area contributed by atoms with Crippen LogP contribution in [0.1, 0.15) is 56.2 Å². The zero-order valence-electron chi connectivity index (χ0n) is 21.2. The molecule has 1 aromatic heterocycles. The Labute approximate surface area is 214 Å². The Morgan fingerprint density at radius 3 is 1.94 bits per heavy atom. The molecule has 0 saturated carbocycles. The summed E-state index contributed by atoms with van der Waals surface area (Å²) in [6.45, 7) is 7.89. The van der Waals surface area contributed by atoms with E-state index in [-0.39, 0.29) is 11.8 Å². The maximum absolute atomic E-state index is 13.6. The predicted molar refractivity (Wildman–Crippen MR) is 145 cm³/mol. The molecule has 6 nitrogen and oxygen atoms in total. The minimum Gasteiger partial charge on any atom is -0.369 e. The number of aromatic nitrogens is 1. The molecule has 3 N–H and O–H groups in total. The van der Waals surface area contributed by atoms with E-state index in [0.717, 1.165) is 11.1 Å². The van der Waals surface area contributed by atoms with Gasteiger partial charge in [-0.15, -0.1) is 0 Å². The number of hydrogen-bond donors (Lipinski definition) is 2. The third kappa shape index (κ3) is 6.09. The lowest BCUT2D eigenvalue weighted by Crippen LogP contribution is -2.61. The Hall–Kier alpha value is -3.29. The van der Waals surface area contributed by atoms with Gasteiger partial charge in [-0.25, -0.2) is 13.1 Å². The number of nitrogens with zero attached hydrogens (tertiary/aromatic N) is 1. The fourth-order valence-corrected chi connectivity index (χ4v) is 6.68. The number of nitrogens with one attached hydrogen (secondary N) is 1. The van der Waals surface area contributed by atoms with Crippen molar-refractivity contribution in [2.24, 2.45) is 17.6 Å². The monoisotopic (exact) mass is 505 g/mol. The van der Waals surface area contributed by atoms with Crippen molar-refractivity contribution in [2.45, 2.75) is 45.1 Å². The molecule has 0 spiro atoms. The molecule has 190 valence electrons. The van der Waals surface area contributed by atoms with Crippen LogP contribution < -0.4 is 10.5 Å². The van der Waals surface area contributed by atoms with Crippen molar-refractivity contribution in [1.29, 1.82) is 0 Å². The molecular formula is C29H35N3O3S. The van der Waals surface area contributed by atoms with Crippen molar-refractivity contribution >= 4 is 22.0 Å². The average molecular weight is 506 g/mol. The maximum atomic E-state index is 13.6. The van der Waals surface area contributed by atoms with Gasteiger partial charge in [0.25, 0.3) is 0 Å². The lowest BCUT2D eigenvalue weighted by atomic mass is 9.61. The van der Waals surface area contributed by atoms with E-state index in [1.807, 2.05) is 94.4 Å². The Kier molecular flexibility index (Phi) is 8.82. The zero-order chi connectivity index (χ0) is 26.3. The van der Waals surface area contributed by atoms with Gasteiger partial charge < -0.3 is 5.73 Å². The van der Waals surface area contributed by atoms with Crippen LogP contribution >= 0.6 is 0 Å². The number of carbonyl (C=O) groups excluding carboxylic acids is 1. The van der Waals surface area contributed by atoms with Gasteiger partial charge in [-0.1, -0.05) is 94.4 Å². The largest absolute Gasteiger partial charge is 0.369 e. The summed E-state index contributed by atoms with van der Waals surface area (Å²) >= 11 is 0. The second kappa shape index (κ2) is 11.6. The molecule has 0 aliphatic carbocycles. The molecule has 2 aromatic carbocycles. The van der Waals surface area contributed by atoms with Gasteiger partial charge in [-0.05, 0) is 40.7 Å². The van der Waals surface area contributed by atoms with Gasteiger partial charge in [-0.2, -0.15) is 0 Å². The number of sulfonamides is 1. The summed E-state index contributed by atoms with van der Waals surface area (Å²) in [5, 5.41) is 1.19. The van der Waals surface area contributed by atoms with Gasteiger partial charge in [0.1, 0.15) is 0 Å². The summed E-state index contributed by atoms with van der Waals surface area (Å²) < 4.78 is 30.2. The molecule has 0 bridgehead atoms. The van der Waals surface area contributed by atoms with E-state index >= 15 is 0 Å². The van der Waals surface area contributed by atoms with Gasteiger partial charge in [0.2, 0.25) is 15.9 Å². The number of nitrogens with two attached hydrogens (primary N) is 1. The first-order valence-electron chi connectivity index (χ1n) is 12.1. The maximum Gasteiger partial charge on any atom is 0.234 e. The van der Waals surface area contributed by atoms with Crippen LogP contribution in [-0.2, 0) is 14.8 Å². The summed E-state index contributed by atoms with van der Waals surface area (Å²) in [6, 6.07) is 22.3. The van der Waals surface area contributed by atoms with E-state index in [9.17, 15) is 13.2 Å². The summed E-state index contributed by atoms with van der Waals surface area (Å²) in [5.41, 5.74) is 7.22. The van der Waals surface area contributed by atoms with Gasteiger partial charge in [0, 0.05) is 29.3 Å². The smallest absolute Gasteiger partial charge is 0.234 e. The fraction of sp³-hybridized carbons (Fsp3) is 0.310. The molecule has 1 amide bonds. The first-order chi connectivity index (χ1) is 17.1. The number of benzene rings is 2. The number of amides is 1. The van der Waals surface area contributed by atoms with Crippen molar-refractivity contribution < 1.29 is 13.2 Å². The van der Waals surface area contributed by atoms with Crippen LogP contribution in [0.5, 0.6) is 0 Å². The first kappa shape index (κ1) is 27.3. The lowest BCUT2D eigenvalue weighted by Gasteiger charge is -2.50. The van der Waals surface area contributed by atoms with E-state index < -0.39 is 33.3 Å². The van der Waals surface area contributed by atoms with E-state index in [0.29, 0.717) is 5.56 Å². The second-order valence-electron chi connectivity index (χ2n) is 9.66. The van der Waals surface area contributed by atoms with Crippen molar-refractivity contribution in [3.05, 3.63) is 107 Å². The number of hydrogen-bond acceptors (Lipinski definition) is 4. The van der Waals surface area contributed by atoms with Crippen LogP contribution in [0.15, 0.2) is 90.6 Å². The predicted octanol–water partition coefficient (Wildman–Crippen LogP) is 5.08. The van der Waals surface area contributed by atoms with Crippen molar-refractivity contribution in [3.8, 4) is 0 Å². The topological polar surface area (TPSA) is 102 Å². The van der Waals surface area contributed by atoms with Crippen LogP contribution in [0.25, 0.3) is 6.08 Å². The molecule has 1 heterocycles. The molecule has 3 aromatic rings. The van der Waals surface area contributed by atoms with E-state index in [1.54, 1.807) is 24.5 Å². The molecule has 0 saturated heterocycles. The van der Waals surface area contributed by atoms with E-state index in [1.165, 1.54) is 5.41 Å². The molecule has 3 rings (SSSR count). The van der Waals surface area contributed by atoms with Gasteiger partial charge >= 0.3 is 0 Å². The zero-order valence-corrected chi connectivity index (χ0v) is 22.0. The van der Waals surface area contributed by atoms with Gasteiger partial charge in [0.05, 0.1) is 5.92 Å². The highest BCUT2D eigenvalue weighted by atomic mass is 32.2. The van der Waals surface area contributed by atoms with Gasteiger partial charge in [0.15, 0.2) is 0 Å². The highest BCUT2D eigenvalue weighted by Crippen LogP contribution is 2.48. The molecule has 2 unspecified atom stereocenters. The third-order valence-corrected chi connectivity index (χ3v) is 7.96. The normalized spacial score (nSPS) is 14.3. The van der Waals surface area contributed by atoms with Crippen LogP contribution in [-0.4, -0.2) is 24.8 Å². The van der Waals surface area contributed by atoms with Crippen LogP contribution in [0, 0.1) is 11.8 Å². The van der Waals surface area contributed by atoms with Crippen molar-refractivity contribution in [3.63, 3.8) is 0 Å². The van der Waals surface area contributed by atoms with Gasteiger partial charge in [-0.3, -0.25) is 9.78 Å². The Balaban J connectivity index is 2.23. The van der Waals surface area contributed by atoms with Crippen molar-refractivity contribution in [2.75, 3.05) is 0 Å². The van der Waals surface area contributed by atoms with Crippen molar-refractivity contribution in [1.82, 2.24) is 9.71 Å². The number of carbonyl (C=O) groups is 1. The first-order valence-corrected chi connectivity index (χ1v) is 13.6. The van der Waals surface area contributed by atoms with E-state index in [2.05, 4.69) is 9.71 Å². The standard InChI is InChI=1S/C29H35N3O3S/c1-21(2)29(22(3)4,32-36(34,35)19-17-23-12-7-5-8-13-23)27(24-14-9-6-10-15-24)26(28(30)33)25-16-11-18-31-20-25/h5-22,26-27,32H,1-4H3,(H2,30,33)/b19-17+. The Bertz CT molecular complexity index is 1250. The van der Waals surface area contributed by atoms with E-state index in [4.69, 9.17) is 5.73 Å². The minimum absolute atomic E-state index is 0.193. The molecule has 0 fully saturated rings. The summed E-state index contributed by atoms with van der Waals surface area (Å²) in [7, 11) is -3.92. The summed E-state index contributed by atoms with van der Waals surface area (Å²) in [4.78, 5) is 17.3. The number of pyridine rings is 1. The Morgan fingerprint density at radius 2 is 1.44 bits per heavy atom.